The fourth-order valence-corrected chi connectivity index (χ4v) is 3.33. The first-order chi connectivity index (χ1) is 12.1. The number of halogens is 1. The van der Waals surface area contributed by atoms with Crippen molar-refractivity contribution in [1.29, 1.82) is 0 Å². The van der Waals surface area contributed by atoms with Gasteiger partial charge in [0.1, 0.15) is 22.4 Å². The molecule has 0 aliphatic heterocycles. The van der Waals surface area contributed by atoms with Crippen LogP contribution in [-0.4, -0.2) is 41.3 Å². The number of carboxylic acid groups (broad SMARTS) is 1. The lowest BCUT2D eigenvalue weighted by Crippen LogP contribution is -2.16. The monoisotopic (exact) mass is 361 g/mol. The Balaban J connectivity index is 1.95. The van der Waals surface area contributed by atoms with Crippen LogP contribution in [0.4, 0.5) is 4.39 Å². The van der Waals surface area contributed by atoms with Gasteiger partial charge in [-0.25, -0.2) is 14.4 Å². The average Bonchev–Trinajstić information content (AvgIpc) is 3.04. The number of benzene rings is 1. The van der Waals surface area contributed by atoms with Gasteiger partial charge in [-0.1, -0.05) is 36.7 Å². The fourth-order valence-electron chi connectivity index (χ4n) is 2.33. The van der Waals surface area contributed by atoms with Crippen molar-refractivity contribution in [2.24, 2.45) is 0 Å². The van der Waals surface area contributed by atoms with E-state index in [1.165, 1.54) is 23.1 Å². The molecule has 0 bridgehead atoms. The maximum atomic E-state index is 13.1. The van der Waals surface area contributed by atoms with Crippen molar-refractivity contribution < 1.29 is 14.3 Å². The molecule has 3 aromatic rings. The highest BCUT2D eigenvalue weighted by molar-refractivity contribution is 8.00. The lowest BCUT2D eigenvalue weighted by atomic mass is 10.2. The van der Waals surface area contributed by atoms with Crippen LogP contribution in [0.2, 0.25) is 0 Å². The van der Waals surface area contributed by atoms with Crippen LogP contribution in [0.15, 0.2) is 35.6 Å². The summed E-state index contributed by atoms with van der Waals surface area (Å²) in [7, 11) is 0. The normalized spacial score (nSPS) is 12.4. The molecule has 9 heteroatoms. The number of carbonyl (C=O) groups is 1. The molecule has 0 amide bonds. The highest BCUT2D eigenvalue weighted by Crippen LogP contribution is 2.30. The third-order valence-corrected chi connectivity index (χ3v) is 4.87. The zero-order valence-corrected chi connectivity index (χ0v) is 14.3. The lowest BCUT2D eigenvalue weighted by molar-refractivity contribution is -0.136. The number of nitrogens with zero attached hydrogens (tertiary/aromatic N) is 5. The van der Waals surface area contributed by atoms with E-state index in [1.807, 2.05) is 6.92 Å². The minimum atomic E-state index is -0.879. The Hall–Kier alpha value is -2.55. The zero-order chi connectivity index (χ0) is 17.8. The van der Waals surface area contributed by atoms with Crippen LogP contribution < -0.4 is 0 Å². The average molecular weight is 361 g/mol. The maximum Gasteiger partial charge on any atom is 0.317 e. The topological polar surface area (TPSA) is 93.8 Å². The first-order valence-corrected chi connectivity index (χ1v) is 8.70. The van der Waals surface area contributed by atoms with Crippen LogP contribution in [0.25, 0.3) is 16.9 Å². The van der Waals surface area contributed by atoms with Crippen LogP contribution in [0.3, 0.4) is 0 Å². The number of fused-ring (bicyclic) bond motifs is 1. The Kier molecular flexibility index (Phi) is 5.22. The van der Waals surface area contributed by atoms with Crippen molar-refractivity contribution in [2.75, 3.05) is 0 Å². The van der Waals surface area contributed by atoms with Crippen molar-refractivity contribution in [3.63, 3.8) is 0 Å². The predicted molar refractivity (Wildman–Crippen MR) is 91.2 cm³/mol. The molecule has 0 unspecified atom stereocenters. The first-order valence-electron chi connectivity index (χ1n) is 7.82. The van der Waals surface area contributed by atoms with E-state index in [2.05, 4.69) is 20.3 Å². The van der Waals surface area contributed by atoms with Gasteiger partial charge in [-0.15, -0.1) is 5.10 Å². The fraction of sp³-hybridized carbons (Fsp3) is 0.312. The number of rotatable bonds is 7. The second-order valence-electron chi connectivity index (χ2n) is 5.42. The van der Waals surface area contributed by atoms with Gasteiger partial charge in [0.25, 0.3) is 0 Å². The molecule has 0 spiro atoms. The number of hydrogen-bond acceptors (Lipinski definition) is 6. The molecule has 0 saturated carbocycles. The predicted octanol–water partition coefficient (Wildman–Crippen LogP) is 3.09. The third-order valence-electron chi connectivity index (χ3n) is 3.62. The number of carboxylic acids is 1. The van der Waals surface area contributed by atoms with E-state index in [4.69, 9.17) is 0 Å². The molecule has 0 saturated heterocycles. The summed E-state index contributed by atoms with van der Waals surface area (Å²) >= 11 is 1.15. The lowest BCUT2D eigenvalue weighted by Gasteiger charge is -2.10. The van der Waals surface area contributed by atoms with Crippen LogP contribution in [0, 0.1) is 5.82 Å². The molecule has 25 heavy (non-hydrogen) atoms. The molecule has 0 aliphatic carbocycles. The Labute approximate surface area is 147 Å². The summed E-state index contributed by atoms with van der Waals surface area (Å²) in [6.07, 6.45) is 3.64. The van der Waals surface area contributed by atoms with Gasteiger partial charge >= 0.3 is 5.97 Å². The summed E-state index contributed by atoms with van der Waals surface area (Å²) in [6.45, 7) is 2.01. The molecule has 130 valence electrons. The Morgan fingerprint density at radius 2 is 2.08 bits per heavy atom. The van der Waals surface area contributed by atoms with Crippen LogP contribution >= 0.6 is 11.8 Å². The van der Waals surface area contributed by atoms with Gasteiger partial charge in [0.05, 0.1) is 5.69 Å². The largest absolute Gasteiger partial charge is 0.480 e. The highest BCUT2D eigenvalue weighted by Gasteiger charge is 2.22. The van der Waals surface area contributed by atoms with E-state index in [0.29, 0.717) is 28.3 Å². The SMILES string of the molecule is CCCC[C@H](Sc1ncnc2c1nnn2-c1ccc(F)cc1)C(=O)O. The van der Waals surface area contributed by atoms with Crippen molar-refractivity contribution in [3.05, 3.63) is 36.4 Å². The van der Waals surface area contributed by atoms with Crippen molar-refractivity contribution in [3.8, 4) is 5.69 Å². The van der Waals surface area contributed by atoms with E-state index in [0.717, 1.165) is 24.6 Å². The van der Waals surface area contributed by atoms with E-state index in [-0.39, 0.29) is 5.82 Å². The number of aromatic nitrogens is 5. The highest BCUT2D eigenvalue weighted by atomic mass is 32.2. The number of thioether (sulfide) groups is 1. The molecule has 0 radical (unpaired) electrons. The minimum Gasteiger partial charge on any atom is -0.480 e. The molecular formula is C16H16FN5O2S. The van der Waals surface area contributed by atoms with Crippen LogP contribution in [-0.2, 0) is 4.79 Å². The molecular weight excluding hydrogens is 345 g/mol. The molecule has 1 N–H and O–H groups in total. The van der Waals surface area contributed by atoms with Crippen LogP contribution in [0.1, 0.15) is 26.2 Å². The van der Waals surface area contributed by atoms with Gasteiger partial charge in [0.15, 0.2) is 11.2 Å². The van der Waals surface area contributed by atoms with Gasteiger partial charge in [0.2, 0.25) is 0 Å². The summed E-state index contributed by atoms with van der Waals surface area (Å²) in [4.78, 5) is 19.8. The second kappa shape index (κ2) is 7.56. The first kappa shape index (κ1) is 17.3. The Bertz CT molecular complexity index is 884. The zero-order valence-electron chi connectivity index (χ0n) is 13.5. The molecule has 0 fully saturated rings. The van der Waals surface area contributed by atoms with Gasteiger partial charge in [0, 0.05) is 0 Å². The maximum absolute atomic E-state index is 13.1. The van der Waals surface area contributed by atoms with Crippen molar-refractivity contribution in [1.82, 2.24) is 25.0 Å². The van der Waals surface area contributed by atoms with Gasteiger partial charge in [-0.05, 0) is 30.7 Å². The number of unbranched alkanes of at least 4 members (excludes halogenated alkanes) is 1. The molecule has 2 aromatic heterocycles. The van der Waals surface area contributed by atoms with Gasteiger partial charge in [-0.3, -0.25) is 4.79 Å². The van der Waals surface area contributed by atoms with Crippen molar-refractivity contribution in [2.45, 2.75) is 36.5 Å². The summed E-state index contributed by atoms with van der Waals surface area (Å²) in [5.41, 5.74) is 1.49. The minimum absolute atomic E-state index is 0.348. The van der Waals surface area contributed by atoms with E-state index in [9.17, 15) is 14.3 Å². The number of aliphatic carboxylic acids is 1. The number of hydrogen-bond donors (Lipinski definition) is 1. The summed E-state index contributed by atoms with van der Waals surface area (Å²) in [5, 5.41) is 17.4. The third kappa shape index (κ3) is 3.76. The Morgan fingerprint density at radius 1 is 1.32 bits per heavy atom. The molecule has 3 rings (SSSR count). The summed E-state index contributed by atoms with van der Waals surface area (Å²) < 4.78 is 14.6. The molecule has 2 heterocycles. The van der Waals surface area contributed by atoms with Crippen molar-refractivity contribution >= 4 is 28.9 Å². The second-order valence-corrected chi connectivity index (χ2v) is 6.61. The molecule has 1 atom stereocenters. The van der Waals surface area contributed by atoms with E-state index in [1.54, 1.807) is 12.1 Å². The van der Waals surface area contributed by atoms with Gasteiger partial charge < -0.3 is 5.11 Å². The molecule has 0 aliphatic rings. The summed E-state index contributed by atoms with van der Waals surface area (Å²) in [6, 6.07) is 5.79. The standard InChI is InChI=1S/C16H16FN5O2S/c1-2-3-4-12(16(23)24)25-15-13-14(18-9-19-15)22(21-20-13)11-7-5-10(17)6-8-11/h5-9,12H,2-4H2,1H3,(H,23,24)/t12-/m0/s1. The Morgan fingerprint density at radius 3 is 2.76 bits per heavy atom. The van der Waals surface area contributed by atoms with E-state index >= 15 is 0 Å². The van der Waals surface area contributed by atoms with E-state index < -0.39 is 11.2 Å². The van der Waals surface area contributed by atoms with Crippen LogP contribution in [0.5, 0.6) is 0 Å². The molecule has 7 nitrogen and oxygen atoms in total. The quantitative estimate of drug-likeness (QED) is 0.510. The molecule has 1 aromatic carbocycles. The smallest absolute Gasteiger partial charge is 0.317 e. The van der Waals surface area contributed by atoms with Gasteiger partial charge in [-0.2, -0.15) is 4.68 Å². The summed E-state index contributed by atoms with van der Waals surface area (Å²) in [5.74, 6) is -1.23.